The number of carbonyl (C=O) groups excluding carboxylic acids is 2. The van der Waals surface area contributed by atoms with Crippen molar-refractivity contribution in [2.45, 2.75) is 19.8 Å². The van der Waals surface area contributed by atoms with Crippen molar-refractivity contribution in [3.8, 4) is 11.5 Å². The number of hydrogen-bond acceptors (Lipinski definition) is 5. The number of nitrogens with one attached hydrogen (secondary N) is 1. The lowest BCUT2D eigenvalue weighted by atomic mass is 10.2. The molecule has 22 heavy (non-hydrogen) atoms. The van der Waals surface area contributed by atoms with E-state index >= 15 is 0 Å². The molecule has 1 rings (SSSR count). The summed E-state index contributed by atoms with van der Waals surface area (Å²) in [5, 5.41) is 2.88. The zero-order valence-corrected chi connectivity index (χ0v) is 13.7. The molecule has 0 aliphatic carbocycles. The van der Waals surface area contributed by atoms with Gasteiger partial charge in [0.1, 0.15) is 0 Å². The lowest BCUT2D eigenvalue weighted by Crippen LogP contribution is -2.29. The van der Waals surface area contributed by atoms with Crippen molar-refractivity contribution in [2.24, 2.45) is 0 Å². The van der Waals surface area contributed by atoms with Crippen LogP contribution in [0.4, 0.5) is 0 Å². The summed E-state index contributed by atoms with van der Waals surface area (Å²) in [5.74, 6) is -0.353. The van der Waals surface area contributed by atoms with Gasteiger partial charge >= 0.3 is 5.97 Å². The topological polar surface area (TPSA) is 73.9 Å². The van der Waals surface area contributed by atoms with Crippen LogP contribution in [0.1, 0.15) is 30.1 Å². The van der Waals surface area contributed by atoms with Crippen molar-refractivity contribution in [1.29, 1.82) is 0 Å². The summed E-state index contributed by atoms with van der Waals surface area (Å²) in [6, 6.07) is 2.85. The van der Waals surface area contributed by atoms with Gasteiger partial charge in [0, 0.05) is 6.54 Å². The molecule has 1 N–H and O–H groups in total. The van der Waals surface area contributed by atoms with E-state index in [1.807, 2.05) is 6.92 Å². The Balaban J connectivity index is 2.66. The Hall–Kier alpha value is -1.95. The van der Waals surface area contributed by atoms with Crippen LogP contribution in [0.25, 0.3) is 0 Å². The van der Waals surface area contributed by atoms with E-state index in [1.54, 1.807) is 0 Å². The van der Waals surface area contributed by atoms with E-state index in [-0.39, 0.29) is 23.1 Å². The Morgan fingerprint density at radius 1 is 1.23 bits per heavy atom. The second-order valence-corrected chi connectivity index (χ2v) is 4.88. The molecule has 0 aliphatic rings. The number of esters is 1. The quantitative estimate of drug-likeness (QED) is 0.585. The lowest BCUT2D eigenvalue weighted by Gasteiger charge is -2.11. The molecular formula is C15H20ClNO5. The molecule has 0 radical (unpaired) electrons. The van der Waals surface area contributed by atoms with Crippen LogP contribution in [-0.2, 0) is 9.53 Å². The maximum absolute atomic E-state index is 11.9. The van der Waals surface area contributed by atoms with Gasteiger partial charge in [-0.05, 0) is 18.6 Å². The van der Waals surface area contributed by atoms with Gasteiger partial charge in [-0.25, -0.2) is 4.79 Å². The summed E-state index contributed by atoms with van der Waals surface area (Å²) in [6.07, 6.45) is 1.86. The average Bonchev–Trinajstić information content (AvgIpc) is 2.51. The van der Waals surface area contributed by atoms with Crippen molar-refractivity contribution in [1.82, 2.24) is 5.32 Å². The van der Waals surface area contributed by atoms with Gasteiger partial charge in [0.25, 0.3) is 5.91 Å². The maximum Gasteiger partial charge on any atom is 0.338 e. The van der Waals surface area contributed by atoms with Gasteiger partial charge in [0.15, 0.2) is 18.1 Å². The Morgan fingerprint density at radius 2 is 1.95 bits per heavy atom. The lowest BCUT2D eigenvalue weighted by molar-refractivity contribution is -0.124. The third-order valence-electron chi connectivity index (χ3n) is 2.86. The second-order valence-electron chi connectivity index (χ2n) is 4.47. The summed E-state index contributed by atoms with van der Waals surface area (Å²) in [7, 11) is 2.88. The Labute approximate surface area is 134 Å². The highest BCUT2D eigenvalue weighted by atomic mass is 35.5. The molecule has 0 saturated carbocycles. The molecule has 0 atom stereocenters. The number of hydrogen-bond donors (Lipinski definition) is 1. The standard InChI is InChI=1S/C15H20ClNO5/c1-4-5-6-17-13(18)9-22-15(19)10-7-11(16)14(21-3)12(8-10)20-2/h7-8H,4-6,9H2,1-3H3,(H,17,18). The number of halogens is 1. The van der Waals surface area contributed by atoms with Crippen LogP contribution in [0.3, 0.4) is 0 Å². The van der Waals surface area contributed by atoms with Gasteiger partial charge in [-0.3, -0.25) is 4.79 Å². The number of unbranched alkanes of at least 4 members (excludes halogenated alkanes) is 1. The molecule has 0 spiro atoms. The number of benzene rings is 1. The Bertz CT molecular complexity index is 533. The molecule has 1 amide bonds. The fraction of sp³-hybridized carbons (Fsp3) is 0.467. The van der Waals surface area contributed by atoms with Gasteiger partial charge in [-0.15, -0.1) is 0 Å². The molecule has 0 bridgehead atoms. The van der Waals surface area contributed by atoms with E-state index in [1.165, 1.54) is 26.4 Å². The maximum atomic E-state index is 11.9. The number of carbonyl (C=O) groups is 2. The fourth-order valence-electron chi connectivity index (χ4n) is 1.71. The zero-order chi connectivity index (χ0) is 16.5. The van der Waals surface area contributed by atoms with Gasteiger partial charge in [-0.2, -0.15) is 0 Å². The van der Waals surface area contributed by atoms with Crippen LogP contribution in [-0.4, -0.2) is 39.2 Å². The molecule has 7 heteroatoms. The molecular weight excluding hydrogens is 310 g/mol. The number of amides is 1. The summed E-state index contributed by atoms with van der Waals surface area (Å²) >= 11 is 6.01. The minimum atomic E-state index is -0.659. The van der Waals surface area contributed by atoms with E-state index in [4.69, 9.17) is 25.8 Å². The van der Waals surface area contributed by atoms with E-state index in [0.717, 1.165) is 12.8 Å². The van der Waals surface area contributed by atoms with Crippen molar-refractivity contribution in [2.75, 3.05) is 27.4 Å². The first kappa shape index (κ1) is 18.1. The Kier molecular flexibility index (Phi) is 7.52. The Morgan fingerprint density at radius 3 is 2.55 bits per heavy atom. The van der Waals surface area contributed by atoms with Crippen LogP contribution >= 0.6 is 11.6 Å². The fourth-order valence-corrected chi connectivity index (χ4v) is 1.99. The van der Waals surface area contributed by atoms with Crippen LogP contribution < -0.4 is 14.8 Å². The van der Waals surface area contributed by atoms with Crippen LogP contribution in [0.2, 0.25) is 5.02 Å². The largest absolute Gasteiger partial charge is 0.493 e. The number of methoxy groups -OCH3 is 2. The second kappa shape index (κ2) is 9.15. The number of rotatable bonds is 8. The molecule has 0 aromatic heterocycles. The van der Waals surface area contributed by atoms with Crippen molar-refractivity contribution >= 4 is 23.5 Å². The first-order valence-electron chi connectivity index (χ1n) is 6.88. The van der Waals surface area contributed by atoms with Gasteiger partial charge in [0.2, 0.25) is 0 Å². The van der Waals surface area contributed by atoms with Crippen molar-refractivity contribution in [3.05, 3.63) is 22.7 Å². The molecule has 6 nitrogen and oxygen atoms in total. The van der Waals surface area contributed by atoms with E-state index in [0.29, 0.717) is 18.0 Å². The molecule has 0 heterocycles. The van der Waals surface area contributed by atoms with Gasteiger partial charge in [-0.1, -0.05) is 24.9 Å². The minimum Gasteiger partial charge on any atom is -0.493 e. The monoisotopic (exact) mass is 329 g/mol. The van der Waals surface area contributed by atoms with E-state index < -0.39 is 5.97 Å². The number of ether oxygens (including phenoxy) is 3. The van der Waals surface area contributed by atoms with Crippen molar-refractivity contribution in [3.63, 3.8) is 0 Å². The zero-order valence-electron chi connectivity index (χ0n) is 12.9. The average molecular weight is 330 g/mol. The predicted octanol–water partition coefficient (Wildman–Crippen LogP) is 2.43. The SMILES string of the molecule is CCCCNC(=O)COC(=O)c1cc(Cl)c(OC)c(OC)c1. The van der Waals surface area contributed by atoms with Crippen LogP contribution in [0, 0.1) is 0 Å². The van der Waals surface area contributed by atoms with Crippen molar-refractivity contribution < 1.29 is 23.8 Å². The normalized spacial score (nSPS) is 10.0. The van der Waals surface area contributed by atoms with Crippen LogP contribution in [0.5, 0.6) is 11.5 Å². The molecule has 0 unspecified atom stereocenters. The molecule has 0 saturated heterocycles. The summed E-state index contributed by atoms with van der Waals surface area (Å²) in [6.45, 7) is 2.25. The predicted molar refractivity (Wildman–Crippen MR) is 82.8 cm³/mol. The minimum absolute atomic E-state index is 0.184. The third kappa shape index (κ3) is 5.11. The molecule has 0 fully saturated rings. The molecule has 1 aromatic rings. The molecule has 1 aromatic carbocycles. The first-order chi connectivity index (χ1) is 10.5. The summed E-state index contributed by atoms with van der Waals surface area (Å²) in [4.78, 5) is 23.4. The van der Waals surface area contributed by atoms with E-state index in [9.17, 15) is 9.59 Å². The molecule has 0 aliphatic heterocycles. The van der Waals surface area contributed by atoms with Gasteiger partial charge in [0.05, 0.1) is 24.8 Å². The highest BCUT2D eigenvalue weighted by Gasteiger charge is 2.17. The highest BCUT2D eigenvalue weighted by molar-refractivity contribution is 6.32. The van der Waals surface area contributed by atoms with Crippen LogP contribution in [0.15, 0.2) is 12.1 Å². The smallest absolute Gasteiger partial charge is 0.338 e. The summed E-state index contributed by atoms with van der Waals surface area (Å²) in [5.41, 5.74) is 0.184. The molecule has 122 valence electrons. The van der Waals surface area contributed by atoms with E-state index in [2.05, 4.69) is 5.32 Å². The highest BCUT2D eigenvalue weighted by Crippen LogP contribution is 2.36. The van der Waals surface area contributed by atoms with Gasteiger partial charge < -0.3 is 19.5 Å². The summed E-state index contributed by atoms with van der Waals surface area (Å²) < 4.78 is 15.1. The third-order valence-corrected chi connectivity index (χ3v) is 3.14. The first-order valence-corrected chi connectivity index (χ1v) is 7.26.